The monoisotopic (exact) mass is 480 g/mol. The first-order valence-electron chi connectivity index (χ1n) is 11.2. The van der Waals surface area contributed by atoms with Crippen molar-refractivity contribution in [3.05, 3.63) is 53.9 Å². The molecule has 1 aliphatic rings. The maximum absolute atomic E-state index is 13.2. The molecule has 0 saturated carbocycles. The lowest BCUT2D eigenvalue weighted by molar-refractivity contribution is -0.120. The highest BCUT2D eigenvalue weighted by atomic mass is 32.2. The van der Waals surface area contributed by atoms with Gasteiger partial charge in [-0.3, -0.25) is 9.69 Å². The fourth-order valence-corrected chi connectivity index (χ4v) is 5.71. The first-order chi connectivity index (χ1) is 16.3. The number of nitrogens with zero attached hydrogens (tertiary/aromatic N) is 5. The topological polar surface area (TPSA) is 113 Å². The number of pyridine rings is 1. The highest BCUT2D eigenvalue weighted by Crippen LogP contribution is 2.25. The molecular formula is C24H28N6O3S. The summed E-state index contributed by atoms with van der Waals surface area (Å²) in [6.07, 6.45) is 3.34. The van der Waals surface area contributed by atoms with Crippen molar-refractivity contribution in [3.8, 4) is 6.07 Å². The summed E-state index contributed by atoms with van der Waals surface area (Å²) in [5, 5.41) is 9.62. The summed E-state index contributed by atoms with van der Waals surface area (Å²) in [5.41, 5.74) is 3.53. The van der Waals surface area contributed by atoms with Crippen LogP contribution in [-0.4, -0.2) is 72.8 Å². The Morgan fingerprint density at radius 1 is 1.18 bits per heavy atom. The first kappa shape index (κ1) is 23.9. The van der Waals surface area contributed by atoms with Crippen LogP contribution in [0.2, 0.25) is 0 Å². The van der Waals surface area contributed by atoms with Gasteiger partial charge in [-0.05, 0) is 49.2 Å². The van der Waals surface area contributed by atoms with Crippen molar-refractivity contribution < 1.29 is 13.2 Å². The summed E-state index contributed by atoms with van der Waals surface area (Å²) in [5.74, 6) is -0.0995. The summed E-state index contributed by atoms with van der Waals surface area (Å²) < 4.78 is 27.9. The molecule has 10 heteroatoms. The molecule has 1 aliphatic heterocycles. The Balaban J connectivity index is 1.42. The number of benzene rings is 1. The van der Waals surface area contributed by atoms with Gasteiger partial charge in [0.05, 0.1) is 19.0 Å². The number of hydrogen-bond donors (Lipinski definition) is 1. The molecule has 1 saturated heterocycles. The van der Waals surface area contributed by atoms with E-state index in [1.165, 1.54) is 10.5 Å². The Bertz CT molecular complexity index is 1340. The number of nitriles is 1. The van der Waals surface area contributed by atoms with E-state index in [0.717, 1.165) is 16.8 Å². The van der Waals surface area contributed by atoms with Gasteiger partial charge in [0, 0.05) is 56.2 Å². The number of aromatic amines is 1. The number of H-pyrrole nitrogens is 1. The molecule has 0 radical (unpaired) electrons. The van der Waals surface area contributed by atoms with E-state index in [9.17, 15) is 13.2 Å². The van der Waals surface area contributed by atoms with Crippen LogP contribution >= 0.6 is 0 Å². The van der Waals surface area contributed by atoms with Crippen LogP contribution < -0.4 is 4.90 Å². The van der Waals surface area contributed by atoms with E-state index < -0.39 is 10.0 Å². The third-order valence-electron chi connectivity index (χ3n) is 6.27. The molecule has 3 heterocycles. The molecule has 0 atom stereocenters. The number of rotatable bonds is 7. The van der Waals surface area contributed by atoms with E-state index in [1.54, 1.807) is 23.2 Å². The summed E-state index contributed by atoms with van der Waals surface area (Å²) in [6, 6.07) is 11.4. The van der Waals surface area contributed by atoms with Gasteiger partial charge in [0.15, 0.2) is 0 Å². The van der Waals surface area contributed by atoms with Crippen molar-refractivity contribution in [2.24, 2.45) is 0 Å². The molecule has 0 spiro atoms. The molecule has 9 nitrogen and oxygen atoms in total. The number of aryl methyl sites for hydroxylation is 2. The lowest BCUT2D eigenvalue weighted by atomic mass is 10.1. The molecule has 1 aromatic carbocycles. The SMILES string of the molecule is Cc1ccc(N(CCC#N)C(=O)CN2CCN(S(=O)(=O)c3c[nH]c4ncccc34)CC2)cc1C. The molecule has 1 amide bonds. The number of piperazine rings is 1. The molecule has 0 aliphatic carbocycles. The van der Waals surface area contributed by atoms with Crippen molar-refractivity contribution >= 4 is 32.7 Å². The predicted molar refractivity (Wildman–Crippen MR) is 130 cm³/mol. The first-order valence-corrected chi connectivity index (χ1v) is 12.6. The number of sulfonamides is 1. The van der Waals surface area contributed by atoms with Crippen molar-refractivity contribution in [2.45, 2.75) is 25.2 Å². The summed E-state index contributed by atoms with van der Waals surface area (Å²) >= 11 is 0. The Morgan fingerprint density at radius 2 is 1.94 bits per heavy atom. The van der Waals surface area contributed by atoms with Gasteiger partial charge < -0.3 is 9.88 Å². The quantitative estimate of drug-likeness (QED) is 0.556. The second kappa shape index (κ2) is 9.93. The van der Waals surface area contributed by atoms with E-state index >= 15 is 0 Å². The number of anilines is 1. The van der Waals surface area contributed by atoms with Gasteiger partial charge in [-0.1, -0.05) is 6.07 Å². The maximum Gasteiger partial charge on any atom is 0.245 e. The minimum absolute atomic E-state index is 0.0995. The smallest absolute Gasteiger partial charge is 0.245 e. The van der Waals surface area contributed by atoms with Gasteiger partial charge in [-0.25, -0.2) is 13.4 Å². The van der Waals surface area contributed by atoms with E-state index in [4.69, 9.17) is 5.26 Å². The van der Waals surface area contributed by atoms with Gasteiger partial charge >= 0.3 is 0 Å². The van der Waals surface area contributed by atoms with Crippen LogP contribution in [0.25, 0.3) is 11.0 Å². The number of aromatic nitrogens is 2. The molecule has 1 N–H and O–H groups in total. The number of fused-ring (bicyclic) bond motifs is 1. The average molecular weight is 481 g/mol. The van der Waals surface area contributed by atoms with Gasteiger partial charge in [-0.15, -0.1) is 0 Å². The molecule has 178 valence electrons. The van der Waals surface area contributed by atoms with Gasteiger partial charge in [0.2, 0.25) is 15.9 Å². The summed E-state index contributed by atoms with van der Waals surface area (Å²) in [7, 11) is -3.67. The zero-order valence-corrected chi connectivity index (χ0v) is 20.2. The minimum Gasteiger partial charge on any atom is -0.345 e. The molecule has 1 fully saturated rings. The van der Waals surface area contributed by atoms with Crippen LogP contribution in [0.5, 0.6) is 0 Å². The zero-order chi connectivity index (χ0) is 24.3. The third-order valence-corrected chi connectivity index (χ3v) is 8.21. The van der Waals surface area contributed by atoms with Crippen LogP contribution in [0.1, 0.15) is 17.5 Å². The fourth-order valence-electron chi connectivity index (χ4n) is 4.14. The lowest BCUT2D eigenvalue weighted by Crippen LogP contribution is -2.51. The second-order valence-electron chi connectivity index (χ2n) is 8.45. The Hall–Kier alpha value is -3.26. The highest BCUT2D eigenvalue weighted by Gasteiger charge is 2.31. The molecule has 0 unspecified atom stereocenters. The van der Waals surface area contributed by atoms with Gasteiger partial charge in [0.25, 0.3) is 0 Å². The lowest BCUT2D eigenvalue weighted by Gasteiger charge is -2.34. The van der Waals surface area contributed by atoms with Gasteiger partial charge in [-0.2, -0.15) is 9.57 Å². The minimum atomic E-state index is -3.67. The van der Waals surface area contributed by atoms with E-state index in [0.29, 0.717) is 43.8 Å². The Kier molecular flexibility index (Phi) is 6.97. The summed E-state index contributed by atoms with van der Waals surface area (Å²) in [6.45, 7) is 5.99. The standard InChI is InChI=1S/C24H28N6O3S/c1-18-6-7-20(15-19(18)2)30(10-4-8-25)23(31)17-28-11-13-29(14-12-28)34(32,33)22-16-27-24-21(22)5-3-9-26-24/h3,5-7,9,15-16H,4,10-14,17H2,1-2H3,(H,26,27). The molecule has 0 bridgehead atoms. The Morgan fingerprint density at radius 3 is 2.65 bits per heavy atom. The molecule has 3 aromatic rings. The Labute approximate surface area is 199 Å². The molecule has 2 aromatic heterocycles. The van der Waals surface area contributed by atoms with Crippen LogP contribution in [0.3, 0.4) is 0 Å². The van der Waals surface area contributed by atoms with E-state index in [1.807, 2.05) is 36.9 Å². The maximum atomic E-state index is 13.2. The number of nitrogens with one attached hydrogen (secondary N) is 1. The normalized spacial score (nSPS) is 15.3. The average Bonchev–Trinajstić information content (AvgIpc) is 3.27. The molecule has 34 heavy (non-hydrogen) atoms. The highest BCUT2D eigenvalue weighted by molar-refractivity contribution is 7.89. The predicted octanol–water partition coefficient (Wildman–Crippen LogP) is 2.43. The van der Waals surface area contributed by atoms with Crippen molar-refractivity contribution in [3.63, 3.8) is 0 Å². The van der Waals surface area contributed by atoms with Crippen LogP contribution in [0, 0.1) is 25.2 Å². The number of carbonyl (C=O) groups is 1. The van der Waals surface area contributed by atoms with Gasteiger partial charge in [0.1, 0.15) is 10.5 Å². The number of amides is 1. The second-order valence-corrected chi connectivity index (χ2v) is 10.4. The van der Waals surface area contributed by atoms with Crippen molar-refractivity contribution in [1.29, 1.82) is 5.26 Å². The van der Waals surface area contributed by atoms with Crippen LogP contribution in [0.15, 0.2) is 47.6 Å². The van der Waals surface area contributed by atoms with E-state index in [-0.39, 0.29) is 23.8 Å². The molecular weight excluding hydrogens is 452 g/mol. The summed E-state index contributed by atoms with van der Waals surface area (Å²) in [4.78, 5) is 24.1. The zero-order valence-electron chi connectivity index (χ0n) is 19.4. The van der Waals surface area contributed by atoms with E-state index in [2.05, 4.69) is 16.0 Å². The third kappa shape index (κ3) is 4.82. The largest absolute Gasteiger partial charge is 0.345 e. The van der Waals surface area contributed by atoms with Crippen LogP contribution in [-0.2, 0) is 14.8 Å². The van der Waals surface area contributed by atoms with Crippen molar-refractivity contribution in [1.82, 2.24) is 19.2 Å². The fraction of sp³-hybridized carbons (Fsp3) is 0.375. The number of hydrogen-bond acceptors (Lipinski definition) is 6. The van der Waals surface area contributed by atoms with Crippen LogP contribution in [0.4, 0.5) is 5.69 Å². The molecule has 4 rings (SSSR count). The number of carbonyl (C=O) groups excluding carboxylic acids is 1. The van der Waals surface area contributed by atoms with Crippen molar-refractivity contribution in [2.75, 3.05) is 44.2 Å².